The molecule has 2 aromatic rings. The average Bonchev–Trinajstić information content (AvgIpc) is 2.45. The lowest BCUT2D eigenvalue weighted by Gasteiger charge is -2.08. The summed E-state index contributed by atoms with van der Waals surface area (Å²) in [5.74, 6) is -1.47. The molecule has 0 aliphatic carbocycles. The van der Waals surface area contributed by atoms with Gasteiger partial charge in [-0.3, -0.25) is 9.78 Å². The highest BCUT2D eigenvalue weighted by Crippen LogP contribution is 2.21. The Balaban J connectivity index is 0.00000106. The van der Waals surface area contributed by atoms with Gasteiger partial charge in [-0.05, 0) is 6.92 Å². The van der Waals surface area contributed by atoms with Crippen molar-refractivity contribution in [1.29, 1.82) is 0 Å². The van der Waals surface area contributed by atoms with E-state index in [2.05, 4.69) is 9.97 Å². The second-order valence-electron chi connectivity index (χ2n) is 3.83. The minimum atomic E-state index is -0.822. The van der Waals surface area contributed by atoms with Crippen molar-refractivity contribution in [3.8, 4) is 5.75 Å². The van der Waals surface area contributed by atoms with Crippen molar-refractivity contribution in [2.45, 2.75) is 27.4 Å². The van der Waals surface area contributed by atoms with Gasteiger partial charge >= 0.3 is 0 Å². The molecule has 0 saturated heterocycles. The standard InChI is InChI=1S/C12H9ClF2N2O2.C2H6/c1-6-2-10(11(13)12(18)17-6)19-5-9-8(15)3-7(14)4-16-9;1-2/h2-4H,5H2,1H3,(H,17,18);1-2H3. The zero-order valence-electron chi connectivity index (χ0n) is 11.8. The van der Waals surface area contributed by atoms with Crippen molar-refractivity contribution >= 4 is 11.6 Å². The minimum Gasteiger partial charge on any atom is -0.485 e. The van der Waals surface area contributed by atoms with Gasteiger partial charge < -0.3 is 9.72 Å². The van der Waals surface area contributed by atoms with Crippen LogP contribution in [0.15, 0.2) is 23.1 Å². The fourth-order valence-electron chi connectivity index (χ4n) is 1.44. The number of rotatable bonds is 3. The van der Waals surface area contributed by atoms with Gasteiger partial charge in [0, 0.05) is 17.8 Å². The van der Waals surface area contributed by atoms with Crippen molar-refractivity contribution in [2.75, 3.05) is 0 Å². The molecule has 0 saturated carbocycles. The Morgan fingerprint density at radius 2 is 2.00 bits per heavy atom. The number of aromatic nitrogens is 2. The number of halogens is 3. The molecule has 21 heavy (non-hydrogen) atoms. The second-order valence-corrected chi connectivity index (χ2v) is 4.21. The normalized spacial score (nSPS) is 9.81. The molecule has 0 unspecified atom stereocenters. The first-order valence-corrected chi connectivity index (χ1v) is 6.67. The Hall–Kier alpha value is -1.95. The maximum Gasteiger partial charge on any atom is 0.270 e. The van der Waals surface area contributed by atoms with Crippen LogP contribution < -0.4 is 10.3 Å². The molecular formula is C14H15ClF2N2O2. The average molecular weight is 317 g/mol. The monoisotopic (exact) mass is 316 g/mol. The van der Waals surface area contributed by atoms with Gasteiger partial charge in [0.05, 0.1) is 6.20 Å². The molecule has 0 radical (unpaired) electrons. The van der Waals surface area contributed by atoms with E-state index in [1.165, 1.54) is 6.07 Å². The minimum absolute atomic E-state index is 0.0737. The Bertz CT molecular complexity index is 675. The number of nitrogens with zero attached hydrogens (tertiary/aromatic N) is 1. The third-order valence-corrected chi connectivity index (χ3v) is 2.68. The zero-order valence-corrected chi connectivity index (χ0v) is 12.6. The zero-order chi connectivity index (χ0) is 16.0. The highest BCUT2D eigenvalue weighted by Gasteiger charge is 2.10. The van der Waals surface area contributed by atoms with Crippen LogP contribution in [0.1, 0.15) is 25.2 Å². The number of hydrogen-bond acceptors (Lipinski definition) is 3. The quantitative estimate of drug-likeness (QED) is 0.941. The molecule has 2 rings (SSSR count). The van der Waals surface area contributed by atoms with Crippen LogP contribution in [0.3, 0.4) is 0 Å². The molecule has 1 N–H and O–H groups in total. The summed E-state index contributed by atoms with van der Waals surface area (Å²) in [5, 5.41) is -0.131. The summed E-state index contributed by atoms with van der Waals surface area (Å²) < 4.78 is 31.2. The largest absolute Gasteiger partial charge is 0.485 e. The number of aromatic amines is 1. The number of nitrogens with one attached hydrogen (secondary N) is 1. The van der Waals surface area contributed by atoms with Crippen LogP contribution in [-0.4, -0.2) is 9.97 Å². The Morgan fingerprint density at radius 3 is 2.62 bits per heavy atom. The van der Waals surface area contributed by atoms with E-state index >= 15 is 0 Å². The van der Waals surface area contributed by atoms with Crippen molar-refractivity contribution in [2.24, 2.45) is 0 Å². The maximum absolute atomic E-state index is 13.3. The Kier molecular flexibility index (Phi) is 6.30. The third-order valence-electron chi connectivity index (χ3n) is 2.32. The van der Waals surface area contributed by atoms with Crippen LogP contribution in [0, 0.1) is 18.6 Å². The summed E-state index contributed by atoms with van der Waals surface area (Å²) in [7, 11) is 0. The third kappa shape index (κ3) is 4.53. The molecule has 0 atom stereocenters. The van der Waals surface area contributed by atoms with E-state index in [-0.39, 0.29) is 23.1 Å². The smallest absolute Gasteiger partial charge is 0.270 e. The number of pyridine rings is 2. The van der Waals surface area contributed by atoms with Crippen LogP contribution in [0.2, 0.25) is 5.02 Å². The van der Waals surface area contributed by atoms with E-state index in [9.17, 15) is 13.6 Å². The van der Waals surface area contributed by atoms with Crippen LogP contribution >= 0.6 is 11.6 Å². The van der Waals surface area contributed by atoms with E-state index in [1.807, 2.05) is 13.8 Å². The predicted octanol–water partition coefficient (Wildman–Crippen LogP) is 3.62. The topological polar surface area (TPSA) is 55.0 Å². The summed E-state index contributed by atoms with van der Waals surface area (Å²) in [6, 6.07) is 2.21. The molecule has 0 spiro atoms. The van der Waals surface area contributed by atoms with Gasteiger partial charge in [-0.2, -0.15) is 0 Å². The summed E-state index contributed by atoms with van der Waals surface area (Å²) >= 11 is 5.75. The highest BCUT2D eigenvalue weighted by atomic mass is 35.5. The summed E-state index contributed by atoms with van der Waals surface area (Å²) in [5.41, 5.74) is -0.0171. The summed E-state index contributed by atoms with van der Waals surface area (Å²) in [6.07, 6.45) is 0.881. The Morgan fingerprint density at radius 1 is 1.33 bits per heavy atom. The lowest BCUT2D eigenvalue weighted by molar-refractivity contribution is 0.293. The molecule has 2 aromatic heterocycles. The van der Waals surface area contributed by atoms with Crippen molar-refractivity contribution < 1.29 is 13.5 Å². The lowest BCUT2D eigenvalue weighted by Crippen LogP contribution is -2.10. The van der Waals surface area contributed by atoms with Gasteiger partial charge in [0.25, 0.3) is 5.56 Å². The van der Waals surface area contributed by atoms with Crippen molar-refractivity contribution in [3.63, 3.8) is 0 Å². The van der Waals surface area contributed by atoms with Crippen molar-refractivity contribution in [1.82, 2.24) is 9.97 Å². The first-order valence-electron chi connectivity index (χ1n) is 6.29. The van der Waals surface area contributed by atoms with Gasteiger partial charge in [0.1, 0.15) is 28.9 Å². The molecule has 7 heteroatoms. The molecular weight excluding hydrogens is 302 g/mol. The van der Waals surface area contributed by atoms with Crippen LogP contribution in [0.25, 0.3) is 0 Å². The lowest BCUT2D eigenvalue weighted by atomic mass is 10.3. The van der Waals surface area contributed by atoms with Crippen LogP contribution in [-0.2, 0) is 6.61 Å². The summed E-state index contributed by atoms with van der Waals surface area (Å²) in [6.45, 7) is 5.40. The molecule has 2 heterocycles. The number of H-pyrrole nitrogens is 1. The van der Waals surface area contributed by atoms with Gasteiger partial charge in [-0.1, -0.05) is 25.4 Å². The molecule has 0 fully saturated rings. The first kappa shape index (κ1) is 17.1. The van der Waals surface area contributed by atoms with E-state index in [0.717, 1.165) is 6.20 Å². The van der Waals surface area contributed by atoms with Gasteiger partial charge in [-0.15, -0.1) is 0 Å². The molecule has 0 aliphatic rings. The number of hydrogen-bond donors (Lipinski definition) is 1. The maximum atomic E-state index is 13.3. The molecule has 0 bridgehead atoms. The fourth-order valence-corrected chi connectivity index (χ4v) is 1.60. The second kappa shape index (κ2) is 7.73. The van der Waals surface area contributed by atoms with E-state index in [0.29, 0.717) is 11.8 Å². The van der Waals surface area contributed by atoms with Gasteiger partial charge in [-0.25, -0.2) is 8.78 Å². The number of aryl methyl sites for hydroxylation is 1. The van der Waals surface area contributed by atoms with Gasteiger partial charge in [0.15, 0.2) is 5.82 Å². The Labute approximate surface area is 125 Å². The van der Waals surface area contributed by atoms with Crippen LogP contribution in [0.5, 0.6) is 5.75 Å². The highest BCUT2D eigenvalue weighted by molar-refractivity contribution is 6.31. The van der Waals surface area contributed by atoms with E-state index in [1.54, 1.807) is 6.92 Å². The molecule has 0 amide bonds. The van der Waals surface area contributed by atoms with Gasteiger partial charge in [0.2, 0.25) is 0 Å². The number of ether oxygens (including phenoxy) is 1. The summed E-state index contributed by atoms with van der Waals surface area (Å²) in [4.78, 5) is 17.4. The fraction of sp³-hybridized carbons (Fsp3) is 0.286. The SMILES string of the molecule is CC.Cc1cc(OCc2ncc(F)cc2F)c(Cl)c(=O)[nH]1. The molecule has 0 aliphatic heterocycles. The molecule has 114 valence electrons. The molecule has 0 aromatic carbocycles. The van der Waals surface area contributed by atoms with E-state index < -0.39 is 17.2 Å². The molecule has 4 nitrogen and oxygen atoms in total. The first-order chi connectivity index (χ1) is 9.97. The predicted molar refractivity (Wildman–Crippen MR) is 76.6 cm³/mol. The van der Waals surface area contributed by atoms with Crippen LogP contribution in [0.4, 0.5) is 8.78 Å². The van der Waals surface area contributed by atoms with E-state index in [4.69, 9.17) is 16.3 Å². The van der Waals surface area contributed by atoms with Crippen molar-refractivity contribution in [3.05, 3.63) is 56.7 Å².